The van der Waals surface area contributed by atoms with Crippen LogP contribution in [0.1, 0.15) is 16.8 Å². The Morgan fingerprint density at radius 2 is 1.88 bits per heavy atom. The third-order valence-corrected chi connectivity index (χ3v) is 5.77. The number of nitrogens with one attached hydrogen (secondary N) is 1. The van der Waals surface area contributed by atoms with Crippen molar-refractivity contribution in [2.75, 3.05) is 32.7 Å². The first kappa shape index (κ1) is 16.1. The molecule has 0 aliphatic carbocycles. The number of fused-ring (bicyclic) bond motifs is 1. The second-order valence-electron chi connectivity index (χ2n) is 6.48. The van der Waals surface area contributed by atoms with E-state index in [2.05, 4.69) is 49.8 Å². The van der Waals surface area contributed by atoms with Crippen molar-refractivity contribution in [3.63, 3.8) is 0 Å². The fraction of sp³-hybridized carbons (Fsp3) is 0.421. The Morgan fingerprint density at radius 3 is 2.71 bits per heavy atom. The highest BCUT2D eigenvalue weighted by atomic mass is 32.2. The Kier molecular flexibility index (Phi) is 5.13. The molecule has 0 radical (unpaired) electrons. The maximum atomic E-state index is 4.52. The van der Waals surface area contributed by atoms with Gasteiger partial charge in [-0.05, 0) is 47.7 Å². The van der Waals surface area contributed by atoms with Crippen LogP contribution in [0.4, 0.5) is 0 Å². The molecule has 1 aromatic carbocycles. The van der Waals surface area contributed by atoms with E-state index in [1.54, 1.807) is 0 Å². The lowest BCUT2D eigenvalue weighted by atomic mass is 10.1. The van der Waals surface area contributed by atoms with Crippen LogP contribution in [0.25, 0.3) is 0 Å². The molecule has 126 valence electrons. The van der Waals surface area contributed by atoms with Gasteiger partial charge in [0.1, 0.15) is 0 Å². The van der Waals surface area contributed by atoms with Gasteiger partial charge in [-0.3, -0.25) is 9.88 Å². The van der Waals surface area contributed by atoms with Gasteiger partial charge in [0.2, 0.25) is 0 Å². The molecule has 1 saturated heterocycles. The minimum Gasteiger partial charge on any atom is -0.314 e. The second-order valence-corrected chi connectivity index (χ2v) is 7.65. The van der Waals surface area contributed by atoms with Crippen molar-refractivity contribution in [1.29, 1.82) is 0 Å². The molecule has 0 atom stereocenters. The standard InChI is InChI=1S/C19H24N4S/c1-2-17-7-11-23(15-19(17)21-8-1)24-18-5-3-16(4-6-18)14-22-12-9-20-10-13-22/h1-6,8,20H,7,9-15H2. The Morgan fingerprint density at radius 1 is 1.04 bits per heavy atom. The summed E-state index contributed by atoms with van der Waals surface area (Å²) in [6, 6.07) is 13.3. The van der Waals surface area contributed by atoms with Crippen LogP contribution in [0.3, 0.4) is 0 Å². The molecule has 4 rings (SSSR count). The minimum absolute atomic E-state index is 0.934. The highest BCUT2D eigenvalue weighted by Crippen LogP contribution is 2.28. The third-order valence-electron chi connectivity index (χ3n) is 4.71. The predicted molar refractivity (Wildman–Crippen MR) is 98.8 cm³/mol. The minimum atomic E-state index is 0.934. The zero-order valence-electron chi connectivity index (χ0n) is 13.9. The lowest BCUT2D eigenvalue weighted by Gasteiger charge is -2.28. The van der Waals surface area contributed by atoms with E-state index in [4.69, 9.17) is 0 Å². The fourth-order valence-electron chi connectivity index (χ4n) is 3.34. The van der Waals surface area contributed by atoms with Gasteiger partial charge in [-0.1, -0.05) is 18.2 Å². The smallest absolute Gasteiger partial charge is 0.0586 e. The lowest BCUT2D eigenvalue weighted by Crippen LogP contribution is -2.42. The molecule has 1 N–H and O–H groups in total. The molecule has 2 aliphatic rings. The molecular formula is C19H24N4S. The summed E-state index contributed by atoms with van der Waals surface area (Å²) in [5, 5.41) is 3.41. The van der Waals surface area contributed by atoms with Gasteiger partial charge in [0.15, 0.2) is 0 Å². The Hall–Kier alpha value is -1.40. The molecule has 0 amide bonds. The van der Waals surface area contributed by atoms with E-state index in [1.165, 1.54) is 21.7 Å². The summed E-state index contributed by atoms with van der Waals surface area (Å²) in [5.41, 5.74) is 4.04. The summed E-state index contributed by atoms with van der Waals surface area (Å²) in [6.45, 7) is 7.60. The number of piperazine rings is 1. The van der Waals surface area contributed by atoms with Gasteiger partial charge < -0.3 is 5.32 Å². The SMILES string of the molecule is c1cnc2c(c1)CCN(Sc1ccc(CN3CCNCC3)cc1)C2. The molecule has 0 spiro atoms. The van der Waals surface area contributed by atoms with Gasteiger partial charge in [-0.2, -0.15) is 0 Å². The number of aromatic nitrogens is 1. The van der Waals surface area contributed by atoms with E-state index in [0.717, 1.165) is 52.2 Å². The van der Waals surface area contributed by atoms with E-state index in [0.29, 0.717) is 0 Å². The summed E-state index contributed by atoms with van der Waals surface area (Å²) in [5.74, 6) is 0. The van der Waals surface area contributed by atoms with Crippen LogP contribution in [0.15, 0.2) is 47.5 Å². The van der Waals surface area contributed by atoms with Crippen molar-refractivity contribution < 1.29 is 0 Å². The van der Waals surface area contributed by atoms with Crippen LogP contribution >= 0.6 is 11.9 Å². The Labute approximate surface area is 148 Å². The molecule has 3 heterocycles. The first-order valence-electron chi connectivity index (χ1n) is 8.74. The number of hydrogen-bond acceptors (Lipinski definition) is 5. The van der Waals surface area contributed by atoms with Gasteiger partial charge in [0, 0.05) is 50.4 Å². The molecule has 2 aromatic rings. The van der Waals surface area contributed by atoms with E-state index in [-0.39, 0.29) is 0 Å². The van der Waals surface area contributed by atoms with E-state index < -0.39 is 0 Å². The van der Waals surface area contributed by atoms with Crippen molar-refractivity contribution in [2.24, 2.45) is 0 Å². The van der Waals surface area contributed by atoms with Crippen molar-refractivity contribution >= 4 is 11.9 Å². The third kappa shape index (κ3) is 3.98. The number of hydrogen-bond donors (Lipinski definition) is 1. The topological polar surface area (TPSA) is 31.4 Å². The van der Waals surface area contributed by atoms with Crippen LogP contribution in [-0.2, 0) is 19.5 Å². The maximum absolute atomic E-state index is 4.52. The van der Waals surface area contributed by atoms with Gasteiger partial charge in [-0.25, -0.2) is 4.31 Å². The first-order chi connectivity index (χ1) is 11.9. The number of nitrogens with zero attached hydrogens (tertiary/aromatic N) is 3. The van der Waals surface area contributed by atoms with Crippen molar-refractivity contribution in [3.05, 3.63) is 59.4 Å². The molecular weight excluding hydrogens is 316 g/mol. The maximum Gasteiger partial charge on any atom is 0.0586 e. The summed E-state index contributed by atoms with van der Waals surface area (Å²) in [6.07, 6.45) is 3.00. The molecule has 2 aliphatic heterocycles. The largest absolute Gasteiger partial charge is 0.314 e. The van der Waals surface area contributed by atoms with E-state index in [9.17, 15) is 0 Å². The summed E-state index contributed by atoms with van der Waals surface area (Å²) in [7, 11) is 0. The zero-order valence-corrected chi connectivity index (χ0v) is 14.8. The summed E-state index contributed by atoms with van der Waals surface area (Å²) < 4.78 is 2.42. The summed E-state index contributed by atoms with van der Waals surface area (Å²) >= 11 is 1.85. The molecule has 0 saturated carbocycles. The van der Waals surface area contributed by atoms with Crippen LogP contribution in [0, 0.1) is 0 Å². The molecule has 1 fully saturated rings. The first-order valence-corrected chi connectivity index (χ1v) is 9.52. The monoisotopic (exact) mass is 340 g/mol. The highest BCUT2D eigenvalue weighted by Gasteiger charge is 2.17. The van der Waals surface area contributed by atoms with Gasteiger partial charge in [-0.15, -0.1) is 0 Å². The molecule has 5 heteroatoms. The number of benzene rings is 1. The second kappa shape index (κ2) is 7.66. The average Bonchev–Trinajstić information content (AvgIpc) is 2.64. The Bertz CT molecular complexity index is 667. The summed E-state index contributed by atoms with van der Waals surface area (Å²) in [4.78, 5) is 8.36. The van der Waals surface area contributed by atoms with Crippen LogP contribution < -0.4 is 5.32 Å². The average molecular weight is 340 g/mol. The number of rotatable bonds is 4. The van der Waals surface area contributed by atoms with Crippen molar-refractivity contribution in [3.8, 4) is 0 Å². The quantitative estimate of drug-likeness (QED) is 0.865. The Balaban J connectivity index is 1.34. The highest BCUT2D eigenvalue weighted by molar-refractivity contribution is 7.97. The predicted octanol–water partition coefficient (Wildman–Crippen LogP) is 2.55. The molecule has 24 heavy (non-hydrogen) atoms. The lowest BCUT2D eigenvalue weighted by molar-refractivity contribution is 0.233. The van der Waals surface area contributed by atoms with Gasteiger partial charge >= 0.3 is 0 Å². The molecule has 1 aromatic heterocycles. The molecule has 4 nitrogen and oxygen atoms in total. The number of pyridine rings is 1. The molecule has 0 bridgehead atoms. The normalized spacial score (nSPS) is 19.2. The van der Waals surface area contributed by atoms with Crippen molar-refractivity contribution in [1.82, 2.24) is 19.5 Å². The van der Waals surface area contributed by atoms with E-state index in [1.807, 2.05) is 24.2 Å². The van der Waals surface area contributed by atoms with Gasteiger partial charge in [0.05, 0.1) is 12.2 Å². The molecule has 0 unspecified atom stereocenters. The van der Waals surface area contributed by atoms with Crippen LogP contribution in [0.5, 0.6) is 0 Å². The van der Waals surface area contributed by atoms with Crippen molar-refractivity contribution in [2.45, 2.75) is 24.4 Å². The van der Waals surface area contributed by atoms with Gasteiger partial charge in [0.25, 0.3) is 0 Å². The fourth-order valence-corrected chi connectivity index (χ4v) is 4.27. The van der Waals surface area contributed by atoms with Crippen LogP contribution in [-0.4, -0.2) is 46.9 Å². The zero-order chi connectivity index (χ0) is 16.2. The van der Waals surface area contributed by atoms with Crippen LogP contribution in [0.2, 0.25) is 0 Å². The van der Waals surface area contributed by atoms with E-state index >= 15 is 0 Å².